The van der Waals surface area contributed by atoms with Gasteiger partial charge in [0, 0.05) is 6.42 Å². The van der Waals surface area contributed by atoms with Crippen molar-refractivity contribution in [3.63, 3.8) is 0 Å². The summed E-state index contributed by atoms with van der Waals surface area (Å²) in [5.41, 5.74) is 0. The summed E-state index contributed by atoms with van der Waals surface area (Å²) in [4.78, 5) is 11.5. The summed E-state index contributed by atoms with van der Waals surface area (Å²) >= 11 is 0. The van der Waals surface area contributed by atoms with Gasteiger partial charge in [-0.25, -0.2) is 8.42 Å². The molecule has 0 aromatic heterocycles. The number of alkyl halides is 2. The molecule has 2 rings (SSSR count). The SMILES string of the molecule is O=C(OCCCCC(F)(F)S(=O)(=O)c1ccccc1)C1CCCCC1. The lowest BCUT2D eigenvalue weighted by molar-refractivity contribution is -0.149. The number of sulfone groups is 1. The molecule has 0 aliphatic heterocycles. The van der Waals surface area contributed by atoms with Gasteiger partial charge >= 0.3 is 11.2 Å². The van der Waals surface area contributed by atoms with Crippen LogP contribution in [0.2, 0.25) is 0 Å². The summed E-state index contributed by atoms with van der Waals surface area (Å²) in [7, 11) is -4.70. The fraction of sp³-hybridized carbons (Fsp3) is 0.611. The third kappa shape index (κ3) is 5.23. The molecule has 1 aliphatic rings. The van der Waals surface area contributed by atoms with E-state index in [1.807, 2.05) is 0 Å². The number of hydrogen-bond acceptors (Lipinski definition) is 4. The number of rotatable bonds is 8. The van der Waals surface area contributed by atoms with Crippen LogP contribution in [0.1, 0.15) is 51.4 Å². The van der Waals surface area contributed by atoms with Gasteiger partial charge < -0.3 is 4.74 Å². The molecule has 0 amide bonds. The number of esters is 1. The molecule has 25 heavy (non-hydrogen) atoms. The van der Waals surface area contributed by atoms with Crippen LogP contribution >= 0.6 is 0 Å². The molecule has 0 spiro atoms. The predicted molar refractivity (Wildman–Crippen MR) is 90.0 cm³/mol. The molecule has 1 aromatic rings. The Bertz CT molecular complexity index is 653. The molecule has 1 fully saturated rings. The Hall–Kier alpha value is -1.50. The van der Waals surface area contributed by atoms with Crippen LogP contribution < -0.4 is 0 Å². The van der Waals surface area contributed by atoms with Crippen LogP contribution in [0.25, 0.3) is 0 Å². The van der Waals surface area contributed by atoms with Gasteiger partial charge in [0.25, 0.3) is 0 Å². The van der Waals surface area contributed by atoms with E-state index < -0.39 is 21.5 Å². The molecule has 0 N–H and O–H groups in total. The minimum atomic E-state index is -4.70. The van der Waals surface area contributed by atoms with Gasteiger partial charge in [0.05, 0.1) is 17.4 Å². The number of halogens is 2. The standard InChI is InChI=1S/C18H24F2O4S/c19-18(20,25(22,23)16-11-5-2-6-12-16)13-7-8-14-24-17(21)15-9-3-1-4-10-15/h2,5-6,11-12,15H,1,3-4,7-10,13-14H2. The maximum atomic E-state index is 14.1. The highest BCUT2D eigenvalue weighted by molar-refractivity contribution is 7.92. The van der Waals surface area contributed by atoms with Gasteiger partial charge in [-0.2, -0.15) is 8.78 Å². The van der Waals surface area contributed by atoms with Crippen LogP contribution in [0, 0.1) is 5.92 Å². The summed E-state index contributed by atoms with van der Waals surface area (Å²) in [6, 6.07) is 6.71. The molecular formula is C18H24F2O4S. The molecule has 0 radical (unpaired) electrons. The van der Waals surface area contributed by atoms with E-state index in [1.54, 1.807) is 6.07 Å². The smallest absolute Gasteiger partial charge is 0.350 e. The van der Waals surface area contributed by atoms with Crippen molar-refractivity contribution in [2.75, 3.05) is 6.61 Å². The third-order valence-electron chi connectivity index (χ3n) is 4.49. The Balaban J connectivity index is 1.75. The zero-order valence-electron chi connectivity index (χ0n) is 14.1. The van der Waals surface area contributed by atoms with Gasteiger partial charge in [-0.05, 0) is 37.8 Å². The quantitative estimate of drug-likeness (QED) is 0.501. The Labute approximate surface area is 147 Å². The van der Waals surface area contributed by atoms with Gasteiger partial charge in [0.1, 0.15) is 0 Å². The van der Waals surface area contributed by atoms with Crippen molar-refractivity contribution in [3.8, 4) is 0 Å². The topological polar surface area (TPSA) is 60.4 Å². The van der Waals surface area contributed by atoms with Crippen molar-refractivity contribution < 1.29 is 26.7 Å². The summed E-state index contributed by atoms with van der Waals surface area (Å²) < 4.78 is 57.3. The maximum Gasteiger partial charge on any atom is 0.350 e. The van der Waals surface area contributed by atoms with Gasteiger partial charge in [0.2, 0.25) is 9.84 Å². The first-order valence-corrected chi connectivity index (χ1v) is 10.2. The highest BCUT2D eigenvalue weighted by Crippen LogP contribution is 2.33. The van der Waals surface area contributed by atoms with E-state index in [4.69, 9.17) is 4.74 Å². The van der Waals surface area contributed by atoms with E-state index in [-0.39, 0.29) is 36.2 Å². The minimum absolute atomic E-state index is 0.0307. The molecule has 140 valence electrons. The van der Waals surface area contributed by atoms with Crippen molar-refractivity contribution in [2.24, 2.45) is 5.92 Å². The van der Waals surface area contributed by atoms with Crippen LogP contribution in [-0.2, 0) is 19.4 Å². The maximum absolute atomic E-state index is 14.1. The first kappa shape index (κ1) is 19.8. The Kier molecular flexibility index (Phi) is 6.93. The van der Waals surface area contributed by atoms with E-state index in [9.17, 15) is 22.0 Å². The second-order valence-corrected chi connectivity index (χ2v) is 8.49. The number of ether oxygens (including phenoxy) is 1. The average molecular weight is 374 g/mol. The lowest BCUT2D eigenvalue weighted by atomic mass is 9.89. The lowest BCUT2D eigenvalue weighted by Crippen LogP contribution is -2.29. The number of carbonyl (C=O) groups excluding carboxylic acids is 1. The van der Waals surface area contributed by atoms with Gasteiger partial charge in [-0.3, -0.25) is 4.79 Å². The molecule has 0 bridgehead atoms. The summed E-state index contributed by atoms with van der Waals surface area (Å²) in [6.07, 6.45) is 4.22. The Morgan fingerprint density at radius 3 is 2.36 bits per heavy atom. The molecule has 0 saturated heterocycles. The average Bonchev–Trinajstić information content (AvgIpc) is 2.62. The number of carbonyl (C=O) groups is 1. The molecule has 7 heteroatoms. The van der Waals surface area contributed by atoms with E-state index in [0.29, 0.717) is 0 Å². The second kappa shape index (κ2) is 8.74. The van der Waals surface area contributed by atoms with Crippen molar-refractivity contribution in [1.82, 2.24) is 0 Å². The van der Waals surface area contributed by atoms with Crippen molar-refractivity contribution >= 4 is 15.8 Å². The first-order chi connectivity index (χ1) is 11.8. The fourth-order valence-electron chi connectivity index (χ4n) is 2.97. The Morgan fingerprint density at radius 1 is 1.08 bits per heavy atom. The van der Waals surface area contributed by atoms with Crippen LogP contribution in [0.15, 0.2) is 35.2 Å². The molecule has 1 aromatic carbocycles. The minimum Gasteiger partial charge on any atom is -0.465 e. The summed E-state index contributed by atoms with van der Waals surface area (Å²) in [6.45, 7) is 0.0524. The zero-order valence-corrected chi connectivity index (χ0v) is 14.9. The monoisotopic (exact) mass is 374 g/mol. The first-order valence-electron chi connectivity index (χ1n) is 8.69. The zero-order chi connectivity index (χ0) is 18.3. The largest absolute Gasteiger partial charge is 0.465 e. The number of benzene rings is 1. The van der Waals surface area contributed by atoms with Crippen molar-refractivity contribution in [1.29, 1.82) is 0 Å². The number of unbranched alkanes of at least 4 members (excludes halogenated alkanes) is 1. The van der Waals surface area contributed by atoms with Crippen molar-refractivity contribution in [3.05, 3.63) is 30.3 Å². The van der Waals surface area contributed by atoms with Crippen LogP contribution in [0.3, 0.4) is 0 Å². The normalized spacial score (nSPS) is 16.6. The van der Waals surface area contributed by atoms with E-state index in [1.165, 1.54) is 12.1 Å². The number of hydrogen-bond donors (Lipinski definition) is 0. The molecule has 1 saturated carbocycles. The van der Waals surface area contributed by atoms with Gasteiger partial charge in [-0.1, -0.05) is 37.5 Å². The highest BCUT2D eigenvalue weighted by Gasteiger charge is 2.45. The summed E-state index contributed by atoms with van der Waals surface area (Å²) in [5.74, 6) is -0.336. The van der Waals surface area contributed by atoms with E-state index in [2.05, 4.69) is 0 Å². The highest BCUT2D eigenvalue weighted by atomic mass is 32.2. The fourth-order valence-corrected chi connectivity index (χ4v) is 4.24. The molecular weight excluding hydrogens is 350 g/mol. The predicted octanol–water partition coefficient (Wildman–Crippen LogP) is 4.35. The van der Waals surface area contributed by atoms with E-state index in [0.717, 1.165) is 44.2 Å². The molecule has 0 unspecified atom stereocenters. The Morgan fingerprint density at radius 2 is 1.72 bits per heavy atom. The summed E-state index contributed by atoms with van der Waals surface area (Å²) in [5, 5.41) is -3.83. The molecule has 0 atom stereocenters. The third-order valence-corrected chi connectivity index (χ3v) is 6.37. The second-order valence-electron chi connectivity index (χ2n) is 6.41. The lowest BCUT2D eigenvalue weighted by Gasteiger charge is -2.20. The van der Waals surface area contributed by atoms with Gasteiger partial charge in [0.15, 0.2) is 0 Å². The van der Waals surface area contributed by atoms with Crippen LogP contribution in [0.4, 0.5) is 8.78 Å². The van der Waals surface area contributed by atoms with Crippen molar-refractivity contribution in [2.45, 2.75) is 61.5 Å². The van der Waals surface area contributed by atoms with Crippen LogP contribution in [-0.4, -0.2) is 26.2 Å². The van der Waals surface area contributed by atoms with E-state index >= 15 is 0 Å². The molecule has 1 aliphatic carbocycles. The van der Waals surface area contributed by atoms with Crippen LogP contribution in [0.5, 0.6) is 0 Å². The molecule has 4 nitrogen and oxygen atoms in total. The van der Waals surface area contributed by atoms with Gasteiger partial charge in [-0.15, -0.1) is 0 Å². The molecule has 0 heterocycles.